The van der Waals surface area contributed by atoms with Crippen LogP contribution in [-0.4, -0.2) is 52.1 Å². The number of rotatable bonds is 8. The van der Waals surface area contributed by atoms with Gasteiger partial charge in [0.05, 0.1) is 23.9 Å². The first kappa shape index (κ1) is 22.4. The van der Waals surface area contributed by atoms with Gasteiger partial charge in [0, 0.05) is 25.3 Å². The number of hydrogen-bond acceptors (Lipinski definition) is 5. The Morgan fingerprint density at radius 2 is 2.07 bits per heavy atom. The lowest BCUT2D eigenvalue weighted by atomic mass is 10.1. The first-order chi connectivity index (χ1) is 14.4. The molecule has 30 heavy (non-hydrogen) atoms. The molecule has 162 valence electrons. The lowest BCUT2D eigenvalue weighted by Crippen LogP contribution is -2.37. The van der Waals surface area contributed by atoms with E-state index >= 15 is 0 Å². The first-order valence-corrected chi connectivity index (χ1v) is 11.6. The summed E-state index contributed by atoms with van der Waals surface area (Å²) in [6.07, 6.45) is 1.90. The number of hydrogen-bond donors (Lipinski definition) is 1. The van der Waals surface area contributed by atoms with Crippen LogP contribution in [0.5, 0.6) is 5.75 Å². The molecule has 1 amide bonds. The Labute approximate surface area is 182 Å². The zero-order valence-electron chi connectivity index (χ0n) is 16.9. The summed E-state index contributed by atoms with van der Waals surface area (Å²) in [6, 6.07) is 10.9. The topological polar surface area (TPSA) is 84.9 Å². The molecule has 3 rings (SSSR count). The predicted molar refractivity (Wildman–Crippen MR) is 116 cm³/mol. The third kappa shape index (κ3) is 5.06. The van der Waals surface area contributed by atoms with Gasteiger partial charge in [0.15, 0.2) is 0 Å². The lowest BCUT2D eigenvalue weighted by molar-refractivity contribution is 0.0539. The summed E-state index contributed by atoms with van der Waals surface area (Å²) in [6.45, 7) is 3.54. The van der Waals surface area contributed by atoms with E-state index in [0.29, 0.717) is 25.4 Å². The van der Waals surface area contributed by atoms with E-state index in [1.54, 1.807) is 29.2 Å². The van der Waals surface area contributed by atoms with Crippen LogP contribution in [0.3, 0.4) is 0 Å². The van der Waals surface area contributed by atoms with E-state index in [9.17, 15) is 13.2 Å². The fourth-order valence-corrected chi connectivity index (χ4v) is 4.94. The van der Waals surface area contributed by atoms with Crippen LogP contribution < -0.4 is 9.46 Å². The molecule has 1 saturated heterocycles. The van der Waals surface area contributed by atoms with E-state index in [-0.39, 0.29) is 33.2 Å². The van der Waals surface area contributed by atoms with Gasteiger partial charge in [0.1, 0.15) is 10.6 Å². The van der Waals surface area contributed by atoms with Crippen molar-refractivity contribution in [3.63, 3.8) is 0 Å². The fraction of sp³-hybridized carbons (Fsp3) is 0.381. The minimum Gasteiger partial charge on any atom is -0.495 e. The summed E-state index contributed by atoms with van der Waals surface area (Å²) in [5, 5.41) is 0.0242. The third-order valence-electron chi connectivity index (χ3n) is 4.94. The second-order valence-corrected chi connectivity index (χ2v) is 8.99. The molecule has 1 aliphatic heterocycles. The zero-order valence-corrected chi connectivity index (χ0v) is 18.5. The molecule has 0 saturated carbocycles. The Balaban J connectivity index is 1.87. The number of halogens is 1. The predicted octanol–water partition coefficient (Wildman–Crippen LogP) is 3.79. The first-order valence-electron chi connectivity index (χ1n) is 9.72. The van der Waals surface area contributed by atoms with Gasteiger partial charge in [-0.05, 0) is 50.1 Å². The number of sulfonamides is 1. The second-order valence-electron chi connectivity index (χ2n) is 6.93. The normalized spacial score (nSPS) is 16.3. The number of methoxy groups -OCH3 is 1. The van der Waals surface area contributed by atoms with Gasteiger partial charge in [-0.15, -0.1) is 0 Å². The molecular weight excluding hydrogens is 428 g/mol. The number of anilines is 1. The molecule has 7 nitrogen and oxygen atoms in total. The van der Waals surface area contributed by atoms with Gasteiger partial charge < -0.3 is 14.4 Å². The van der Waals surface area contributed by atoms with Crippen molar-refractivity contribution >= 4 is 33.2 Å². The van der Waals surface area contributed by atoms with E-state index < -0.39 is 10.0 Å². The van der Waals surface area contributed by atoms with Crippen molar-refractivity contribution in [2.24, 2.45) is 0 Å². The van der Waals surface area contributed by atoms with Crippen LogP contribution in [0.25, 0.3) is 0 Å². The summed E-state index contributed by atoms with van der Waals surface area (Å²) in [5.74, 6) is 0.108. The van der Waals surface area contributed by atoms with Crippen molar-refractivity contribution in [1.82, 2.24) is 4.90 Å². The molecule has 0 bridgehead atoms. The van der Waals surface area contributed by atoms with Crippen LogP contribution in [0.15, 0.2) is 47.4 Å². The largest absolute Gasteiger partial charge is 0.495 e. The molecule has 1 fully saturated rings. The highest BCUT2D eigenvalue weighted by molar-refractivity contribution is 7.92. The Morgan fingerprint density at radius 3 is 2.73 bits per heavy atom. The molecule has 0 radical (unpaired) electrons. The highest BCUT2D eigenvalue weighted by atomic mass is 35.5. The maximum atomic E-state index is 13.0. The van der Waals surface area contributed by atoms with Crippen LogP contribution in [0.4, 0.5) is 5.69 Å². The van der Waals surface area contributed by atoms with Gasteiger partial charge >= 0.3 is 0 Å². The van der Waals surface area contributed by atoms with Crippen molar-refractivity contribution in [2.75, 3.05) is 31.5 Å². The van der Waals surface area contributed by atoms with Crippen LogP contribution in [0.2, 0.25) is 5.02 Å². The SMILES string of the molecule is CCN(CC1CCCO1)C(=O)c1ccc(Cl)c(S(=O)(=O)Nc2ccccc2OC)c1. The van der Waals surface area contributed by atoms with Crippen LogP contribution in [-0.2, 0) is 14.8 Å². The molecule has 0 spiro atoms. The van der Waals surface area contributed by atoms with Gasteiger partial charge in [-0.3, -0.25) is 9.52 Å². The lowest BCUT2D eigenvalue weighted by Gasteiger charge is -2.24. The van der Waals surface area contributed by atoms with E-state index in [2.05, 4.69) is 4.72 Å². The van der Waals surface area contributed by atoms with Crippen molar-refractivity contribution in [3.05, 3.63) is 53.1 Å². The summed E-state index contributed by atoms with van der Waals surface area (Å²) >= 11 is 6.18. The molecule has 1 N–H and O–H groups in total. The number of carbonyl (C=O) groups excluding carboxylic acids is 1. The Morgan fingerprint density at radius 1 is 1.30 bits per heavy atom. The highest BCUT2D eigenvalue weighted by Gasteiger charge is 2.25. The molecule has 1 atom stereocenters. The standard InChI is InChI=1S/C21H25ClN2O5S/c1-3-24(14-16-7-6-12-29-16)21(25)15-10-11-17(22)20(13-15)30(26,27)23-18-8-4-5-9-19(18)28-2/h4-5,8-11,13,16,23H,3,6-7,12,14H2,1-2H3. The molecular formula is C21H25ClN2O5S. The van der Waals surface area contributed by atoms with Gasteiger partial charge in [-0.1, -0.05) is 23.7 Å². The average Bonchev–Trinajstić information content (AvgIpc) is 3.25. The molecule has 0 aromatic heterocycles. The van der Waals surface area contributed by atoms with Crippen molar-refractivity contribution in [2.45, 2.75) is 30.8 Å². The fourth-order valence-electron chi connectivity index (χ4n) is 3.34. The average molecular weight is 453 g/mol. The maximum absolute atomic E-state index is 13.0. The van der Waals surface area contributed by atoms with E-state index in [1.807, 2.05) is 6.92 Å². The zero-order chi connectivity index (χ0) is 21.7. The van der Waals surface area contributed by atoms with Gasteiger partial charge in [-0.25, -0.2) is 8.42 Å². The minimum absolute atomic E-state index is 0.0108. The molecule has 1 aliphatic rings. The van der Waals surface area contributed by atoms with E-state index in [0.717, 1.165) is 12.8 Å². The molecule has 2 aromatic carbocycles. The molecule has 1 unspecified atom stereocenters. The number of amides is 1. The van der Waals surface area contributed by atoms with E-state index in [4.69, 9.17) is 21.1 Å². The number of carbonyl (C=O) groups is 1. The monoisotopic (exact) mass is 452 g/mol. The number of para-hydroxylation sites is 2. The van der Waals surface area contributed by atoms with Crippen LogP contribution in [0.1, 0.15) is 30.1 Å². The number of benzene rings is 2. The number of ether oxygens (including phenoxy) is 2. The molecule has 1 heterocycles. The highest BCUT2D eigenvalue weighted by Crippen LogP contribution is 2.29. The van der Waals surface area contributed by atoms with Gasteiger partial charge in [0.2, 0.25) is 0 Å². The molecule has 0 aliphatic carbocycles. The third-order valence-corrected chi connectivity index (χ3v) is 6.78. The number of likely N-dealkylation sites (N-methyl/N-ethyl adjacent to an activating group) is 1. The molecule has 9 heteroatoms. The Hall–Kier alpha value is -2.29. The van der Waals surface area contributed by atoms with Crippen LogP contribution in [0, 0.1) is 0 Å². The Bertz CT molecular complexity index is 1010. The van der Waals surface area contributed by atoms with Gasteiger partial charge in [-0.2, -0.15) is 0 Å². The summed E-state index contributed by atoms with van der Waals surface area (Å²) in [5.41, 5.74) is 0.529. The van der Waals surface area contributed by atoms with Crippen LogP contribution >= 0.6 is 11.6 Å². The van der Waals surface area contributed by atoms with Crippen molar-refractivity contribution in [3.8, 4) is 5.75 Å². The number of nitrogens with one attached hydrogen (secondary N) is 1. The number of nitrogens with zero attached hydrogens (tertiary/aromatic N) is 1. The second kappa shape index (κ2) is 9.68. The smallest absolute Gasteiger partial charge is 0.263 e. The minimum atomic E-state index is -4.04. The summed E-state index contributed by atoms with van der Waals surface area (Å²) in [7, 11) is -2.59. The van der Waals surface area contributed by atoms with E-state index in [1.165, 1.54) is 25.3 Å². The molecule has 2 aromatic rings. The summed E-state index contributed by atoms with van der Waals surface area (Å²) < 4.78 is 39.3. The van der Waals surface area contributed by atoms with Crippen molar-refractivity contribution < 1.29 is 22.7 Å². The maximum Gasteiger partial charge on any atom is 0.263 e. The summed E-state index contributed by atoms with van der Waals surface area (Å²) in [4.78, 5) is 14.5. The van der Waals surface area contributed by atoms with Crippen molar-refractivity contribution in [1.29, 1.82) is 0 Å². The Kier molecular flexibility index (Phi) is 7.23. The quantitative estimate of drug-likeness (QED) is 0.658. The van der Waals surface area contributed by atoms with Gasteiger partial charge in [0.25, 0.3) is 15.9 Å².